The number of carbonyl (C=O) groups excluding carboxylic acids is 1. The maximum absolute atomic E-state index is 12.9. The first-order chi connectivity index (χ1) is 14.3. The number of fused-ring (bicyclic) bond motifs is 3. The lowest BCUT2D eigenvalue weighted by Crippen LogP contribution is -2.51. The Morgan fingerprint density at radius 3 is 2.70 bits per heavy atom. The van der Waals surface area contributed by atoms with Crippen molar-refractivity contribution in [1.82, 2.24) is 4.90 Å². The number of nitrogens with zero attached hydrogens (tertiary/aromatic N) is 1. The van der Waals surface area contributed by atoms with Gasteiger partial charge in [0.1, 0.15) is 6.10 Å². The van der Waals surface area contributed by atoms with Crippen molar-refractivity contribution >= 4 is 5.97 Å². The Morgan fingerprint density at radius 2 is 2.00 bits per heavy atom. The molecular weight excluding hydrogens is 378 g/mol. The van der Waals surface area contributed by atoms with E-state index in [1.807, 2.05) is 44.3 Å². The molecule has 1 N–H and O–H groups in total. The summed E-state index contributed by atoms with van der Waals surface area (Å²) in [5.74, 6) is 0.631. The van der Waals surface area contributed by atoms with E-state index < -0.39 is 6.10 Å². The van der Waals surface area contributed by atoms with E-state index in [-0.39, 0.29) is 41.0 Å². The van der Waals surface area contributed by atoms with E-state index in [0.29, 0.717) is 12.5 Å². The number of aliphatic hydroxyl groups excluding tert-OH is 1. The molecule has 1 unspecified atom stereocenters. The fourth-order valence-corrected chi connectivity index (χ4v) is 6.81. The number of hydrogen-bond donors (Lipinski definition) is 1. The number of rotatable bonds is 5. The van der Waals surface area contributed by atoms with E-state index in [1.54, 1.807) is 0 Å². The molecule has 0 radical (unpaired) electrons. The van der Waals surface area contributed by atoms with Crippen molar-refractivity contribution in [2.75, 3.05) is 20.2 Å². The van der Waals surface area contributed by atoms with E-state index in [0.717, 1.165) is 25.0 Å². The van der Waals surface area contributed by atoms with Gasteiger partial charge in [-0.15, -0.1) is 0 Å². The zero-order valence-corrected chi connectivity index (χ0v) is 18.4. The minimum atomic E-state index is -0.583. The third-order valence-corrected chi connectivity index (χ3v) is 8.86. The van der Waals surface area contributed by atoms with Gasteiger partial charge in [-0.1, -0.05) is 37.3 Å². The van der Waals surface area contributed by atoms with Gasteiger partial charge in [-0.05, 0) is 63.0 Å². The van der Waals surface area contributed by atoms with Crippen LogP contribution in [0.25, 0.3) is 0 Å². The van der Waals surface area contributed by atoms with Gasteiger partial charge in [0.25, 0.3) is 0 Å². The highest BCUT2D eigenvalue weighted by atomic mass is 16.6. The molecule has 1 spiro atoms. The van der Waals surface area contributed by atoms with Crippen LogP contribution in [0, 0.1) is 23.2 Å². The molecule has 2 saturated carbocycles. The predicted molar refractivity (Wildman–Crippen MR) is 114 cm³/mol. The lowest BCUT2D eigenvalue weighted by atomic mass is 9.53. The second-order valence-corrected chi connectivity index (χ2v) is 10.6. The van der Waals surface area contributed by atoms with Crippen LogP contribution >= 0.6 is 0 Å². The molecule has 5 nitrogen and oxygen atoms in total. The van der Waals surface area contributed by atoms with Crippen molar-refractivity contribution in [3.63, 3.8) is 0 Å². The Balaban J connectivity index is 1.30. The first-order valence-corrected chi connectivity index (χ1v) is 11.6. The number of hydrogen-bond acceptors (Lipinski definition) is 5. The standard InChI is InChI=1S/C25H35NO4/c1-16(22(27)17-8-5-4-6-9-17)26(3)14-19-18-12-21-24(2,13-20(18)30-23(19)28)10-7-11-25(21)15-29-25/h4-6,8-9,16,18-22,27H,7,10-15H2,1-3H3/t16-,18+,19?,20+,21+,22+,24+,25-/m0/s1. The highest BCUT2D eigenvalue weighted by molar-refractivity contribution is 5.75. The first-order valence-electron chi connectivity index (χ1n) is 11.6. The van der Waals surface area contributed by atoms with E-state index in [4.69, 9.17) is 9.47 Å². The summed E-state index contributed by atoms with van der Waals surface area (Å²) in [4.78, 5) is 15.0. The van der Waals surface area contributed by atoms with Crippen LogP contribution in [0.5, 0.6) is 0 Å². The third kappa shape index (κ3) is 3.30. The number of benzene rings is 1. The molecule has 2 heterocycles. The first kappa shape index (κ1) is 20.5. The molecule has 0 bridgehead atoms. The molecular formula is C25H35NO4. The predicted octanol–water partition coefficient (Wildman–Crippen LogP) is 3.57. The van der Waals surface area contributed by atoms with Crippen LogP contribution in [0.1, 0.15) is 57.6 Å². The van der Waals surface area contributed by atoms with Gasteiger partial charge in [-0.25, -0.2) is 0 Å². The summed E-state index contributed by atoms with van der Waals surface area (Å²) in [5, 5.41) is 10.8. The van der Waals surface area contributed by atoms with Crippen LogP contribution in [0.2, 0.25) is 0 Å². The van der Waals surface area contributed by atoms with E-state index >= 15 is 0 Å². The summed E-state index contributed by atoms with van der Waals surface area (Å²) < 4.78 is 12.0. The lowest BCUT2D eigenvalue weighted by Gasteiger charge is -2.51. The fourth-order valence-electron chi connectivity index (χ4n) is 6.81. The van der Waals surface area contributed by atoms with E-state index in [2.05, 4.69) is 11.8 Å². The Morgan fingerprint density at radius 1 is 1.27 bits per heavy atom. The van der Waals surface area contributed by atoms with E-state index in [9.17, 15) is 9.90 Å². The summed E-state index contributed by atoms with van der Waals surface area (Å²) >= 11 is 0. The molecule has 2 aliphatic carbocycles. The second kappa shape index (κ2) is 7.32. The Bertz CT molecular complexity index is 794. The smallest absolute Gasteiger partial charge is 0.310 e. The van der Waals surface area contributed by atoms with Gasteiger partial charge in [0, 0.05) is 18.5 Å². The van der Waals surface area contributed by atoms with Crippen LogP contribution in [-0.4, -0.2) is 53.9 Å². The average molecular weight is 414 g/mol. The molecule has 164 valence electrons. The minimum Gasteiger partial charge on any atom is -0.462 e. The summed E-state index contributed by atoms with van der Waals surface area (Å²) in [6.45, 7) is 5.94. The maximum Gasteiger partial charge on any atom is 0.310 e. The van der Waals surface area contributed by atoms with Crippen LogP contribution in [0.15, 0.2) is 30.3 Å². The highest BCUT2D eigenvalue weighted by Crippen LogP contribution is 2.62. The number of ether oxygens (including phenoxy) is 2. The molecule has 1 aromatic rings. The Kier molecular flexibility index (Phi) is 4.99. The van der Waals surface area contributed by atoms with Crippen LogP contribution in [-0.2, 0) is 14.3 Å². The fraction of sp³-hybridized carbons (Fsp3) is 0.720. The van der Waals surface area contributed by atoms with E-state index in [1.165, 1.54) is 19.3 Å². The number of aliphatic hydroxyl groups is 1. The van der Waals surface area contributed by atoms with Crippen molar-refractivity contribution in [3.05, 3.63) is 35.9 Å². The summed E-state index contributed by atoms with van der Waals surface area (Å²) in [6, 6.07) is 9.68. The normalized spacial score (nSPS) is 41.8. The van der Waals surface area contributed by atoms with Crippen molar-refractivity contribution in [2.24, 2.45) is 23.2 Å². The largest absolute Gasteiger partial charge is 0.462 e. The van der Waals surface area contributed by atoms with Crippen molar-refractivity contribution < 1.29 is 19.4 Å². The monoisotopic (exact) mass is 413 g/mol. The molecule has 4 fully saturated rings. The number of likely N-dealkylation sites (N-methyl/N-ethyl adjacent to an activating group) is 1. The molecule has 8 atom stereocenters. The van der Waals surface area contributed by atoms with Gasteiger partial charge in [-0.3, -0.25) is 9.69 Å². The summed E-state index contributed by atoms with van der Waals surface area (Å²) in [5.41, 5.74) is 1.22. The van der Waals surface area contributed by atoms with Gasteiger partial charge in [0.2, 0.25) is 0 Å². The van der Waals surface area contributed by atoms with Gasteiger partial charge in [-0.2, -0.15) is 0 Å². The third-order valence-electron chi connectivity index (χ3n) is 8.86. The van der Waals surface area contributed by atoms with Crippen molar-refractivity contribution in [1.29, 1.82) is 0 Å². The van der Waals surface area contributed by atoms with Gasteiger partial charge in [0.15, 0.2) is 0 Å². The highest BCUT2D eigenvalue weighted by Gasteiger charge is 2.65. The SMILES string of the molecule is C[C@@H]([C@@H](O)c1ccccc1)N(C)CC1C(=O)O[C@@H]2C[C@@]3(C)CCC[C@]4(CO4)[C@@H]3C[C@H]12. The molecule has 5 rings (SSSR count). The van der Waals surface area contributed by atoms with Gasteiger partial charge in [0.05, 0.1) is 24.2 Å². The quantitative estimate of drug-likeness (QED) is 0.591. The molecule has 4 aliphatic rings. The molecule has 2 saturated heterocycles. The molecule has 5 heteroatoms. The molecule has 2 aliphatic heterocycles. The molecule has 1 aromatic carbocycles. The second-order valence-electron chi connectivity index (χ2n) is 10.6. The summed E-state index contributed by atoms with van der Waals surface area (Å²) in [7, 11) is 2.01. The van der Waals surface area contributed by atoms with Crippen LogP contribution < -0.4 is 0 Å². The zero-order valence-electron chi connectivity index (χ0n) is 18.4. The zero-order chi connectivity index (χ0) is 21.1. The number of carbonyl (C=O) groups is 1. The van der Waals surface area contributed by atoms with Gasteiger partial charge >= 0.3 is 5.97 Å². The molecule has 0 aromatic heterocycles. The lowest BCUT2D eigenvalue weighted by molar-refractivity contribution is -0.147. The maximum atomic E-state index is 12.9. The average Bonchev–Trinajstić information content (AvgIpc) is 3.44. The van der Waals surface area contributed by atoms with Gasteiger partial charge < -0.3 is 14.6 Å². The Hall–Kier alpha value is -1.43. The van der Waals surface area contributed by atoms with Crippen LogP contribution in [0.3, 0.4) is 0 Å². The molecule has 30 heavy (non-hydrogen) atoms. The molecule has 0 amide bonds. The number of esters is 1. The summed E-state index contributed by atoms with van der Waals surface area (Å²) in [6.07, 6.45) is 5.07. The Labute approximate surface area is 179 Å². The van der Waals surface area contributed by atoms with Crippen molar-refractivity contribution in [2.45, 2.75) is 69.8 Å². The minimum absolute atomic E-state index is 0.0420. The number of epoxide rings is 1. The van der Waals surface area contributed by atoms with Crippen molar-refractivity contribution in [3.8, 4) is 0 Å². The van der Waals surface area contributed by atoms with Crippen LogP contribution in [0.4, 0.5) is 0 Å². The topological polar surface area (TPSA) is 62.3 Å².